The van der Waals surface area contributed by atoms with E-state index in [1.807, 2.05) is 19.9 Å². The van der Waals surface area contributed by atoms with Crippen molar-refractivity contribution in [3.05, 3.63) is 35.9 Å². The van der Waals surface area contributed by atoms with Crippen molar-refractivity contribution in [1.29, 1.82) is 0 Å². The zero-order valence-corrected chi connectivity index (χ0v) is 34.9. The van der Waals surface area contributed by atoms with Gasteiger partial charge in [0.15, 0.2) is 5.96 Å². The minimum atomic E-state index is -1.24. The summed E-state index contributed by atoms with van der Waals surface area (Å²) in [5.41, 5.74) is 17.4. The summed E-state index contributed by atoms with van der Waals surface area (Å²) < 4.78 is 0. The summed E-state index contributed by atoms with van der Waals surface area (Å²) in [6.45, 7) is 7.75. The molecule has 2 rings (SSSR count). The Morgan fingerprint density at radius 2 is 1.32 bits per heavy atom. The van der Waals surface area contributed by atoms with Crippen LogP contribution in [0.1, 0.15) is 91.0 Å². The number of unbranched alkanes of at least 4 members (excludes halogenated alkanes) is 1. The number of benzene rings is 1. The highest BCUT2D eigenvalue weighted by Gasteiger charge is 2.35. The Morgan fingerprint density at radius 3 is 1.90 bits per heavy atom. The standard InChI is InChI=1S/C40H67N11O8/c1-5-24(3)32(38(58)46-23-31(52)53)51-39(59)33(25(4)6-2)50-36(56)28(16-10-11-19-41)48-37(57)30(22-26-14-8-7-9-15-26)49-35(55)29(18-13-21-45-40(42)43)47-34(54)27-17-12-20-44-27/h7-9,14-15,24-25,27-30,32-33,44H,5-6,10-13,16-23,41H2,1-4H3,(H,46,58)(H,47,54)(H,48,57)(H,49,55)(H,50,56)(H,51,59)(H,52,53)(H4,42,43,45)/t24-,25-,27-,28-,29-,30-,32-,33-/m0/s1. The van der Waals surface area contributed by atoms with E-state index in [4.69, 9.17) is 22.3 Å². The summed E-state index contributed by atoms with van der Waals surface area (Å²) in [5.74, 6) is -5.75. The fourth-order valence-electron chi connectivity index (χ4n) is 6.49. The van der Waals surface area contributed by atoms with Gasteiger partial charge < -0.3 is 59.5 Å². The molecule has 1 aromatic carbocycles. The zero-order chi connectivity index (χ0) is 43.9. The zero-order valence-electron chi connectivity index (χ0n) is 34.9. The molecule has 8 atom stereocenters. The summed E-state index contributed by atoms with van der Waals surface area (Å²) in [4.78, 5) is 97.3. The Morgan fingerprint density at radius 1 is 0.763 bits per heavy atom. The quantitative estimate of drug-likeness (QED) is 0.0286. The van der Waals surface area contributed by atoms with Gasteiger partial charge in [-0.25, -0.2) is 0 Å². The molecule has 1 heterocycles. The van der Waals surface area contributed by atoms with Crippen molar-refractivity contribution in [2.75, 3.05) is 26.2 Å². The van der Waals surface area contributed by atoms with E-state index in [2.05, 4.69) is 42.2 Å². The largest absolute Gasteiger partial charge is 0.480 e. The van der Waals surface area contributed by atoms with Crippen molar-refractivity contribution in [1.82, 2.24) is 37.2 Å². The predicted octanol–water partition coefficient (Wildman–Crippen LogP) is -1.12. The molecule has 0 aromatic heterocycles. The lowest BCUT2D eigenvalue weighted by Gasteiger charge is -2.30. The predicted molar refractivity (Wildman–Crippen MR) is 223 cm³/mol. The Balaban J connectivity index is 2.39. The van der Waals surface area contributed by atoms with Crippen molar-refractivity contribution in [3.63, 3.8) is 0 Å². The normalized spacial score (nSPS) is 17.1. The second-order valence-corrected chi connectivity index (χ2v) is 15.1. The molecule has 0 bridgehead atoms. The molecule has 0 spiro atoms. The first kappa shape index (κ1) is 49.8. The van der Waals surface area contributed by atoms with Gasteiger partial charge in [0.05, 0.1) is 6.04 Å². The Hall–Kier alpha value is -5.30. The molecule has 1 aliphatic rings. The van der Waals surface area contributed by atoms with E-state index in [1.165, 1.54) is 0 Å². The van der Waals surface area contributed by atoms with Crippen LogP contribution in [0.15, 0.2) is 35.3 Å². The number of aliphatic imine (C=N–C) groups is 1. The van der Waals surface area contributed by atoms with Crippen molar-refractivity contribution >= 4 is 47.4 Å². The lowest BCUT2D eigenvalue weighted by Crippen LogP contribution is -2.61. The molecule has 59 heavy (non-hydrogen) atoms. The minimum Gasteiger partial charge on any atom is -0.480 e. The van der Waals surface area contributed by atoms with E-state index in [1.54, 1.807) is 38.1 Å². The molecule has 0 radical (unpaired) electrons. The van der Waals surface area contributed by atoms with Gasteiger partial charge in [-0.15, -0.1) is 0 Å². The number of aliphatic carboxylic acids is 1. The minimum absolute atomic E-state index is 0.0489. The fourth-order valence-corrected chi connectivity index (χ4v) is 6.49. The lowest BCUT2D eigenvalue weighted by atomic mass is 9.94. The van der Waals surface area contributed by atoms with E-state index in [0.717, 1.165) is 12.0 Å². The van der Waals surface area contributed by atoms with Crippen LogP contribution in [0.2, 0.25) is 0 Å². The molecule has 330 valence electrons. The number of carboxylic acids is 1. The van der Waals surface area contributed by atoms with Crippen molar-refractivity contribution in [2.45, 2.75) is 128 Å². The number of nitrogens with one attached hydrogen (secondary N) is 7. The maximum absolute atomic E-state index is 14.2. The van der Waals surface area contributed by atoms with E-state index in [9.17, 15) is 33.6 Å². The fraction of sp³-hybridized carbons (Fsp3) is 0.650. The molecule has 14 N–H and O–H groups in total. The number of nitrogens with two attached hydrogens (primary N) is 3. The van der Waals surface area contributed by atoms with E-state index < -0.39 is 84.2 Å². The van der Waals surface area contributed by atoms with Crippen LogP contribution in [0.3, 0.4) is 0 Å². The van der Waals surface area contributed by atoms with Gasteiger partial charge in [0.1, 0.15) is 36.8 Å². The Kier molecular flexibility index (Phi) is 22.5. The Bertz CT molecular complexity index is 1550. The van der Waals surface area contributed by atoms with Crippen LogP contribution in [-0.2, 0) is 40.0 Å². The third-order valence-corrected chi connectivity index (χ3v) is 10.5. The van der Waals surface area contributed by atoms with Gasteiger partial charge in [-0.2, -0.15) is 0 Å². The van der Waals surface area contributed by atoms with E-state index >= 15 is 0 Å². The first-order valence-electron chi connectivity index (χ1n) is 20.7. The van der Waals surface area contributed by atoms with Gasteiger partial charge in [-0.1, -0.05) is 70.9 Å². The van der Waals surface area contributed by atoms with Crippen LogP contribution >= 0.6 is 0 Å². The number of hydrogen-bond donors (Lipinski definition) is 11. The van der Waals surface area contributed by atoms with Crippen molar-refractivity contribution < 1.29 is 38.7 Å². The van der Waals surface area contributed by atoms with Gasteiger partial charge in [-0.3, -0.25) is 38.6 Å². The van der Waals surface area contributed by atoms with Crippen molar-refractivity contribution in [2.24, 2.45) is 34.0 Å². The van der Waals surface area contributed by atoms with Gasteiger partial charge in [-0.05, 0) is 75.4 Å². The maximum Gasteiger partial charge on any atom is 0.322 e. The van der Waals surface area contributed by atoms with Crippen molar-refractivity contribution in [3.8, 4) is 0 Å². The number of amides is 6. The van der Waals surface area contributed by atoms with Crippen LogP contribution in [-0.4, -0.2) is 115 Å². The van der Waals surface area contributed by atoms with Gasteiger partial charge in [0.2, 0.25) is 35.4 Å². The smallest absolute Gasteiger partial charge is 0.322 e. The topological polar surface area (TPSA) is 314 Å². The first-order valence-corrected chi connectivity index (χ1v) is 20.7. The highest BCUT2D eigenvalue weighted by atomic mass is 16.4. The number of hydrogen-bond acceptors (Lipinski definition) is 10. The summed E-state index contributed by atoms with van der Waals surface area (Å²) >= 11 is 0. The third kappa shape index (κ3) is 18.0. The summed E-state index contributed by atoms with van der Waals surface area (Å²) in [7, 11) is 0. The number of carbonyl (C=O) groups excluding carboxylic acids is 6. The molecular weight excluding hydrogens is 763 g/mol. The summed E-state index contributed by atoms with van der Waals surface area (Å²) in [6.07, 6.45) is 4.09. The number of carboxylic acid groups (broad SMARTS) is 1. The number of guanidine groups is 1. The molecule has 0 aliphatic carbocycles. The Labute approximate surface area is 347 Å². The second-order valence-electron chi connectivity index (χ2n) is 15.1. The average molecular weight is 830 g/mol. The molecular formula is C40H67N11O8. The van der Waals surface area contributed by atoms with Gasteiger partial charge >= 0.3 is 5.97 Å². The van der Waals surface area contributed by atoms with Crippen LogP contribution in [0.5, 0.6) is 0 Å². The lowest BCUT2D eigenvalue weighted by molar-refractivity contribution is -0.139. The van der Waals surface area contributed by atoms with E-state index in [-0.39, 0.29) is 43.6 Å². The third-order valence-electron chi connectivity index (χ3n) is 10.5. The highest BCUT2D eigenvalue weighted by Crippen LogP contribution is 2.14. The maximum atomic E-state index is 14.2. The summed E-state index contributed by atoms with van der Waals surface area (Å²) in [5, 5.41) is 28.4. The highest BCUT2D eigenvalue weighted by molar-refractivity contribution is 5.97. The SMILES string of the molecule is CC[C@H](C)[C@H](NC(=O)[C@H](CCCCN)NC(=O)[C@H](Cc1ccccc1)NC(=O)[C@H](CCCN=C(N)N)NC(=O)[C@@H]1CCCN1)C(=O)N[C@H](C(=O)NCC(=O)O)[C@@H](C)CC. The molecule has 1 aliphatic heterocycles. The molecule has 0 unspecified atom stereocenters. The molecule has 19 heteroatoms. The molecule has 1 aromatic rings. The van der Waals surface area contributed by atoms with Gasteiger partial charge in [0.25, 0.3) is 0 Å². The van der Waals surface area contributed by atoms with Crippen LogP contribution in [0, 0.1) is 11.8 Å². The second kappa shape index (κ2) is 26.7. The molecule has 6 amide bonds. The molecule has 1 fully saturated rings. The van der Waals surface area contributed by atoms with Crippen LogP contribution in [0.25, 0.3) is 0 Å². The van der Waals surface area contributed by atoms with Crippen LogP contribution in [0.4, 0.5) is 0 Å². The monoisotopic (exact) mass is 830 g/mol. The summed E-state index contributed by atoms with van der Waals surface area (Å²) in [6, 6.07) is 2.93. The van der Waals surface area contributed by atoms with Gasteiger partial charge in [0, 0.05) is 13.0 Å². The molecule has 0 saturated carbocycles. The number of nitrogens with zero attached hydrogens (tertiary/aromatic N) is 1. The average Bonchev–Trinajstić information content (AvgIpc) is 3.76. The van der Waals surface area contributed by atoms with Crippen LogP contribution < -0.4 is 54.4 Å². The molecule has 1 saturated heterocycles. The number of rotatable bonds is 27. The number of carbonyl (C=O) groups is 7. The van der Waals surface area contributed by atoms with E-state index in [0.29, 0.717) is 51.6 Å². The molecule has 19 nitrogen and oxygen atoms in total. The first-order chi connectivity index (χ1) is 28.1.